The van der Waals surface area contributed by atoms with E-state index in [2.05, 4.69) is 0 Å². The zero-order chi connectivity index (χ0) is 11.9. The van der Waals surface area contributed by atoms with Gasteiger partial charge in [0.25, 0.3) is 0 Å². The monoisotopic (exact) mass is 252 g/mol. The molecule has 2 aromatic carbocycles. The summed E-state index contributed by atoms with van der Waals surface area (Å²) in [6.45, 7) is 0. The Morgan fingerprint density at radius 2 is 1.22 bits per heavy atom. The van der Waals surface area contributed by atoms with Crippen LogP contribution in [0.2, 0.25) is 0 Å². The van der Waals surface area contributed by atoms with Crippen LogP contribution >= 0.6 is 0 Å². The van der Waals surface area contributed by atoms with Gasteiger partial charge in [0.05, 0.1) is 0 Å². The second-order valence-corrected chi connectivity index (χ2v) is 3.45. The van der Waals surface area contributed by atoms with Crippen LogP contribution in [-0.4, -0.2) is 11.0 Å². The molecule has 0 aliphatic rings. The van der Waals surface area contributed by atoms with Gasteiger partial charge in [0.1, 0.15) is 5.58 Å². The number of hydrogen-bond donors (Lipinski definition) is 0. The lowest BCUT2D eigenvalue weighted by atomic mass is 10.2. The van der Waals surface area contributed by atoms with E-state index >= 15 is 0 Å². The Kier molecular flexibility index (Phi) is 5.61. The first-order valence-corrected chi connectivity index (χ1v) is 5.35. The first-order valence-electron chi connectivity index (χ1n) is 5.35. The van der Waals surface area contributed by atoms with Crippen LogP contribution in [0.4, 0.5) is 0 Å². The molecule has 0 saturated carbocycles. The van der Waals surface area contributed by atoms with Crippen LogP contribution in [0.25, 0.3) is 11.0 Å². The molecule has 3 rings (SSSR count). The van der Waals surface area contributed by atoms with E-state index in [1.54, 1.807) is 12.1 Å². The zero-order valence-corrected chi connectivity index (χ0v) is 10.7. The molecule has 0 N–H and O–H groups in total. The van der Waals surface area contributed by atoms with Crippen LogP contribution in [0.3, 0.4) is 0 Å². The Balaban J connectivity index is 0.000000199. The summed E-state index contributed by atoms with van der Waals surface area (Å²) in [5.74, 6) is 0. The average molecular weight is 252 g/mol. The highest BCUT2D eigenvalue weighted by Crippen LogP contribution is 2.08. The molecule has 1 aromatic heterocycles. The Labute approximate surface area is 110 Å². The fraction of sp³-hybridized carbons (Fsp3) is 0. The lowest BCUT2D eigenvalue weighted by molar-refractivity contribution is 0.561. The molecule has 1 heterocycles. The minimum atomic E-state index is -0.302. The molecule has 2 nitrogen and oxygen atoms in total. The molecule has 0 saturated heterocycles. The summed E-state index contributed by atoms with van der Waals surface area (Å²) >= 11 is 0. The molecule has 0 aliphatic heterocycles. The molecular weight excluding hydrogens is 240 g/mol. The van der Waals surface area contributed by atoms with E-state index in [4.69, 9.17) is 4.42 Å². The third-order valence-corrected chi connectivity index (χ3v) is 2.20. The van der Waals surface area contributed by atoms with Gasteiger partial charge < -0.3 is 4.42 Å². The first-order chi connectivity index (χ1) is 8.36. The average Bonchev–Trinajstić information content (AvgIpc) is 2.41. The zero-order valence-electron chi connectivity index (χ0n) is 9.74. The smallest absolute Gasteiger partial charge is 0.336 e. The molecule has 0 fully saturated rings. The summed E-state index contributed by atoms with van der Waals surface area (Å²) in [7, 11) is 0. The fourth-order valence-electron chi connectivity index (χ4n) is 1.40. The van der Waals surface area contributed by atoms with Crippen LogP contribution in [0.1, 0.15) is 0 Å². The van der Waals surface area contributed by atoms with Crippen molar-refractivity contribution in [1.29, 1.82) is 0 Å². The van der Waals surface area contributed by atoms with E-state index in [9.17, 15) is 4.79 Å². The van der Waals surface area contributed by atoms with Gasteiger partial charge >= 0.3 is 5.63 Å². The van der Waals surface area contributed by atoms with Gasteiger partial charge in [-0.25, -0.2) is 4.79 Å². The van der Waals surface area contributed by atoms with E-state index in [1.807, 2.05) is 54.6 Å². The number of fused-ring (bicyclic) bond motifs is 1. The maximum atomic E-state index is 10.7. The summed E-state index contributed by atoms with van der Waals surface area (Å²) in [5, 5.41) is 0.951. The Bertz CT molecular complexity index is 606. The van der Waals surface area contributed by atoms with E-state index < -0.39 is 0 Å². The van der Waals surface area contributed by atoms with Crippen molar-refractivity contribution in [3.8, 4) is 0 Å². The molecule has 0 atom stereocenters. The summed E-state index contributed by atoms with van der Waals surface area (Å²) in [5.41, 5.74) is 0.337. The number of rotatable bonds is 0. The molecule has 0 amide bonds. The Morgan fingerprint density at radius 3 is 1.83 bits per heavy atom. The minimum Gasteiger partial charge on any atom is -0.423 e. The predicted octanol–water partition coefficient (Wildman–Crippen LogP) is 3.10. The Morgan fingerprint density at radius 1 is 0.667 bits per heavy atom. The van der Waals surface area contributed by atoms with Gasteiger partial charge in [-0.3, -0.25) is 0 Å². The largest absolute Gasteiger partial charge is 0.423 e. The first kappa shape index (κ1) is 13.9. The summed E-state index contributed by atoms with van der Waals surface area (Å²) in [6.07, 6.45) is 0. The van der Waals surface area contributed by atoms with Gasteiger partial charge in [-0.05, 0) is 12.1 Å². The lowest BCUT2D eigenvalue weighted by Gasteiger charge is -1.91. The van der Waals surface area contributed by atoms with Crippen molar-refractivity contribution in [2.45, 2.75) is 0 Å². The molecule has 0 aliphatic carbocycles. The second kappa shape index (κ2) is 7.24. The van der Waals surface area contributed by atoms with E-state index in [1.165, 1.54) is 6.07 Å². The maximum Gasteiger partial charge on any atom is 0.336 e. The van der Waals surface area contributed by atoms with Gasteiger partial charge in [-0.2, -0.15) is 0 Å². The summed E-state index contributed by atoms with van der Waals surface area (Å²) < 4.78 is 4.91. The van der Waals surface area contributed by atoms with Crippen LogP contribution in [0.15, 0.2) is 82.0 Å². The third-order valence-electron chi connectivity index (χ3n) is 2.20. The summed E-state index contributed by atoms with van der Waals surface area (Å²) in [4.78, 5) is 10.7. The van der Waals surface area contributed by atoms with E-state index in [-0.39, 0.29) is 16.6 Å². The van der Waals surface area contributed by atoms with Gasteiger partial charge in [0, 0.05) is 22.4 Å². The molecule has 18 heavy (non-hydrogen) atoms. The molecular formula is C15H12O2Si. The SMILES string of the molecule is O=c1ccc2ccccc2o1.[Si].c1ccccc1. The standard InChI is InChI=1S/C9H6O2.C6H6.Si/c10-9-6-5-7-3-1-2-4-8(7)11-9;1-2-4-6-5-3-1;/h1-6H;1-6H;. The van der Waals surface area contributed by atoms with E-state index in [0.717, 1.165) is 5.39 Å². The summed E-state index contributed by atoms with van der Waals surface area (Å²) in [6, 6.07) is 22.6. The Hall–Kier alpha value is -2.13. The number of benzene rings is 2. The van der Waals surface area contributed by atoms with Crippen molar-refractivity contribution in [2.24, 2.45) is 0 Å². The van der Waals surface area contributed by atoms with Gasteiger partial charge in [0.2, 0.25) is 0 Å². The van der Waals surface area contributed by atoms with Gasteiger partial charge in [-0.1, -0.05) is 54.6 Å². The third kappa shape index (κ3) is 4.03. The molecule has 3 aromatic rings. The molecule has 0 bridgehead atoms. The molecule has 4 radical (unpaired) electrons. The van der Waals surface area contributed by atoms with Crippen molar-refractivity contribution in [2.75, 3.05) is 0 Å². The molecule has 88 valence electrons. The quantitative estimate of drug-likeness (QED) is 0.454. The molecule has 3 heteroatoms. The van der Waals surface area contributed by atoms with Gasteiger partial charge in [-0.15, -0.1) is 0 Å². The van der Waals surface area contributed by atoms with Crippen LogP contribution < -0.4 is 5.63 Å². The van der Waals surface area contributed by atoms with E-state index in [0.29, 0.717) is 5.58 Å². The maximum absolute atomic E-state index is 10.7. The van der Waals surface area contributed by atoms with Crippen molar-refractivity contribution < 1.29 is 4.42 Å². The van der Waals surface area contributed by atoms with Gasteiger partial charge in [0.15, 0.2) is 0 Å². The highest BCUT2D eigenvalue weighted by atomic mass is 28.1. The van der Waals surface area contributed by atoms with Crippen molar-refractivity contribution in [1.82, 2.24) is 0 Å². The molecule has 0 unspecified atom stereocenters. The van der Waals surface area contributed by atoms with Crippen LogP contribution in [0.5, 0.6) is 0 Å². The highest BCUT2D eigenvalue weighted by molar-refractivity contribution is 5.76. The molecule has 0 spiro atoms. The number of para-hydroxylation sites is 1. The lowest BCUT2D eigenvalue weighted by Crippen LogP contribution is -1.93. The van der Waals surface area contributed by atoms with Crippen LogP contribution in [0, 0.1) is 0 Å². The normalized spacial score (nSPS) is 8.89. The number of hydrogen-bond acceptors (Lipinski definition) is 2. The van der Waals surface area contributed by atoms with Crippen molar-refractivity contribution in [3.05, 3.63) is 83.2 Å². The van der Waals surface area contributed by atoms with Crippen molar-refractivity contribution >= 4 is 21.9 Å². The minimum absolute atomic E-state index is 0. The topological polar surface area (TPSA) is 30.2 Å². The fourth-order valence-corrected chi connectivity index (χ4v) is 1.40. The predicted molar refractivity (Wildman–Crippen MR) is 74.7 cm³/mol. The van der Waals surface area contributed by atoms with Crippen LogP contribution in [-0.2, 0) is 0 Å². The highest BCUT2D eigenvalue weighted by Gasteiger charge is 1.92. The second-order valence-electron chi connectivity index (χ2n) is 3.45. The van der Waals surface area contributed by atoms with Crippen molar-refractivity contribution in [3.63, 3.8) is 0 Å².